The molecule has 0 saturated carbocycles. The van der Waals surface area contributed by atoms with Crippen molar-refractivity contribution >= 4 is 34.6 Å². The van der Waals surface area contributed by atoms with Gasteiger partial charge in [-0.25, -0.2) is 14.2 Å². The first kappa shape index (κ1) is 18.7. The zero-order valence-corrected chi connectivity index (χ0v) is 15.2. The number of aromatic nitrogens is 2. The Kier molecular flexibility index (Phi) is 5.77. The molecule has 1 saturated heterocycles. The zero-order chi connectivity index (χ0) is 18.7. The number of nitrogens with one attached hydrogen (secondary N) is 2. The number of carbonyl (C=O) groups is 1. The van der Waals surface area contributed by atoms with Gasteiger partial charge in [-0.2, -0.15) is 11.8 Å². The molecule has 1 aliphatic heterocycles. The highest BCUT2D eigenvalue weighted by Gasteiger charge is 2.26. The number of carboxylic acid groups (broad SMARTS) is 1. The van der Waals surface area contributed by atoms with Crippen molar-refractivity contribution < 1.29 is 14.3 Å². The minimum Gasteiger partial charge on any atom is -0.477 e. The van der Waals surface area contributed by atoms with Gasteiger partial charge in [0.15, 0.2) is 11.6 Å². The van der Waals surface area contributed by atoms with Crippen molar-refractivity contribution in [2.45, 2.75) is 18.9 Å². The second kappa shape index (κ2) is 8.05. The van der Waals surface area contributed by atoms with E-state index in [0.29, 0.717) is 13.1 Å². The number of hydrogen-bond acceptors (Lipinski definition) is 6. The van der Waals surface area contributed by atoms with E-state index >= 15 is 0 Å². The molecule has 0 aromatic carbocycles. The van der Waals surface area contributed by atoms with Crippen LogP contribution in [0.3, 0.4) is 0 Å². The molecule has 0 aliphatic carbocycles. The molecular weight excluding hydrogens is 359 g/mol. The molecule has 0 radical (unpaired) electrons. The number of fused-ring (bicyclic) bond motifs is 1. The van der Waals surface area contributed by atoms with Crippen molar-refractivity contribution in [1.29, 1.82) is 0 Å². The maximum atomic E-state index is 14.5. The van der Waals surface area contributed by atoms with Gasteiger partial charge >= 0.3 is 5.97 Å². The summed E-state index contributed by atoms with van der Waals surface area (Å²) in [6, 6.07) is 1.35. The summed E-state index contributed by atoms with van der Waals surface area (Å²) in [6.45, 7) is 2.25. The van der Waals surface area contributed by atoms with E-state index in [1.807, 2.05) is 16.7 Å². The Hall–Kier alpha value is -2.13. The second-order valence-corrected chi connectivity index (χ2v) is 7.24. The lowest BCUT2D eigenvalue weighted by Crippen LogP contribution is -2.33. The normalized spacial score (nSPS) is 17.2. The third-order valence-electron chi connectivity index (χ3n) is 4.48. The Morgan fingerprint density at radius 1 is 1.58 bits per heavy atom. The van der Waals surface area contributed by atoms with E-state index in [9.17, 15) is 14.0 Å². The van der Waals surface area contributed by atoms with Crippen LogP contribution < -0.4 is 15.6 Å². The number of carboxylic acids is 1. The molecule has 0 amide bonds. The maximum Gasteiger partial charge on any atom is 0.341 e. The Labute approximate surface area is 154 Å². The molecule has 140 valence electrons. The lowest BCUT2D eigenvalue weighted by Gasteiger charge is -2.19. The molecule has 26 heavy (non-hydrogen) atoms. The molecule has 3 heterocycles. The largest absolute Gasteiger partial charge is 0.477 e. The molecule has 1 aliphatic rings. The lowest BCUT2D eigenvalue weighted by molar-refractivity contribution is 0.0695. The fraction of sp³-hybridized carbons (Fsp3) is 0.471. The predicted octanol–water partition coefficient (Wildman–Crippen LogP) is 1.68. The molecule has 3 N–H and O–H groups in total. The molecule has 7 nitrogen and oxygen atoms in total. The molecule has 1 unspecified atom stereocenters. The van der Waals surface area contributed by atoms with E-state index in [4.69, 9.17) is 5.11 Å². The number of rotatable bonds is 7. The Bertz CT molecular complexity index is 873. The Morgan fingerprint density at radius 2 is 2.38 bits per heavy atom. The van der Waals surface area contributed by atoms with Crippen molar-refractivity contribution in [3.8, 4) is 0 Å². The fourth-order valence-corrected chi connectivity index (χ4v) is 3.57. The summed E-state index contributed by atoms with van der Waals surface area (Å²) in [5, 5.41) is 12.4. The Morgan fingerprint density at radius 3 is 3.12 bits per heavy atom. The molecule has 1 atom stereocenters. The van der Waals surface area contributed by atoms with Crippen LogP contribution in [-0.2, 0) is 0 Å². The zero-order valence-electron chi connectivity index (χ0n) is 14.4. The molecule has 2 aromatic heterocycles. The van der Waals surface area contributed by atoms with Crippen LogP contribution >= 0.6 is 11.8 Å². The Balaban J connectivity index is 1.79. The summed E-state index contributed by atoms with van der Waals surface area (Å²) in [7, 11) is 0. The highest BCUT2D eigenvalue weighted by atomic mass is 32.2. The van der Waals surface area contributed by atoms with Gasteiger partial charge in [0.05, 0.1) is 5.39 Å². The summed E-state index contributed by atoms with van der Waals surface area (Å²) in [6.07, 6.45) is 5.16. The van der Waals surface area contributed by atoms with E-state index in [1.54, 1.807) is 0 Å². The first-order valence-corrected chi connectivity index (χ1v) is 9.83. The van der Waals surface area contributed by atoms with Gasteiger partial charge in [0, 0.05) is 25.3 Å². The van der Waals surface area contributed by atoms with Crippen molar-refractivity contribution in [3.05, 3.63) is 33.9 Å². The van der Waals surface area contributed by atoms with Crippen molar-refractivity contribution in [1.82, 2.24) is 15.3 Å². The molecule has 9 heteroatoms. The summed E-state index contributed by atoms with van der Waals surface area (Å²) < 4.78 is 14.5. The van der Waals surface area contributed by atoms with Crippen molar-refractivity contribution in [2.24, 2.45) is 0 Å². The third kappa shape index (κ3) is 3.83. The number of anilines is 1. The standard InChI is InChI=1S/C17H21FN4O3S/c1-26-6-2-4-19-10-3-5-22(9-10)16-13(18)7-11-14(23)12(17(24)25)8-20-15(11)21-16/h7-8,10,19H,2-6,9H2,1H3,(H,24,25)(H,20,21,23). The minimum atomic E-state index is -1.35. The summed E-state index contributed by atoms with van der Waals surface area (Å²) in [4.78, 5) is 32.0. The van der Waals surface area contributed by atoms with Crippen LogP contribution in [0.4, 0.5) is 10.2 Å². The lowest BCUT2D eigenvalue weighted by atomic mass is 10.2. The number of aromatic amines is 1. The average Bonchev–Trinajstić information content (AvgIpc) is 3.07. The van der Waals surface area contributed by atoms with Gasteiger partial charge in [0.25, 0.3) is 0 Å². The van der Waals surface area contributed by atoms with Gasteiger partial charge in [0.2, 0.25) is 5.43 Å². The van der Waals surface area contributed by atoms with Crippen molar-refractivity contribution in [2.75, 3.05) is 36.5 Å². The van der Waals surface area contributed by atoms with Crippen LogP contribution in [0.5, 0.6) is 0 Å². The second-order valence-electron chi connectivity index (χ2n) is 6.26. The first-order valence-electron chi connectivity index (χ1n) is 8.43. The smallest absolute Gasteiger partial charge is 0.341 e. The van der Waals surface area contributed by atoms with Gasteiger partial charge in [-0.3, -0.25) is 4.79 Å². The van der Waals surface area contributed by atoms with Crippen molar-refractivity contribution in [3.63, 3.8) is 0 Å². The number of pyridine rings is 2. The average molecular weight is 380 g/mol. The van der Waals surface area contributed by atoms with Crippen LogP contribution in [0.1, 0.15) is 23.2 Å². The van der Waals surface area contributed by atoms with Crippen LogP contribution in [0, 0.1) is 5.82 Å². The molecule has 1 fully saturated rings. The van der Waals surface area contributed by atoms with Crippen LogP contribution in [-0.4, -0.2) is 58.7 Å². The highest BCUT2D eigenvalue weighted by Crippen LogP contribution is 2.24. The summed E-state index contributed by atoms with van der Waals surface area (Å²) >= 11 is 1.81. The first-order chi connectivity index (χ1) is 12.5. The molecule has 0 bridgehead atoms. The van der Waals surface area contributed by atoms with Crippen LogP contribution in [0.25, 0.3) is 11.0 Å². The van der Waals surface area contributed by atoms with Gasteiger partial charge in [-0.05, 0) is 37.5 Å². The SMILES string of the molecule is CSCCCNC1CCN(c2nc3[nH]cc(C(=O)O)c(=O)c3cc2F)C1. The van der Waals surface area contributed by atoms with E-state index in [-0.39, 0.29) is 22.9 Å². The van der Waals surface area contributed by atoms with Gasteiger partial charge in [-0.15, -0.1) is 0 Å². The molecule has 2 aromatic rings. The molecule has 3 rings (SSSR count). The van der Waals surface area contributed by atoms with E-state index < -0.39 is 22.8 Å². The summed E-state index contributed by atoms with van der Waals surface area (Å²) in [5.41, 5.74) is -0.978. The monoisotopic (exact) mass is 380 g/mol. The topological polar surface area (TPSA) is 98.3 Å². The number of hydrogen-bond donors (Lipinski definition) is 3. The van der Waals surface area contributed by atoms with E-state index in [2.05, 4.69) is 21.5 Å². The number of thioether (sulfide) groups is 1. The van der Waals surface area contributed by atoms with Crippen LogP contribution in [0.2, 0.25) is 0 Å². The predicted molar refractivity (Wildman–Crippen MR) is 101 cm³/mol. The molecular formula is C17H21FN4O3S. The highest BCUT2D eigenvalue weighted by molar-refractivity contribution is 7.98. The number of nitrogens with zero attached hydrogens (tertiary/aromatic N) is 2. The van der Waals surface area contributed by atoms with E-state index in [0.717, 1.165) is 37.4 Å². The van der Waals surface area contributed by atoms with Gasteiger partial charge < -0.3 is 20.3 Å². The molecule has 0 spiro atoms. The maximum absolute atomic E-state index is 14.5. The number of halogens is 1. The third-order valence-corrected chi connectivity index (χ3v) is 5.17. The summed E-state index contributed by atoms with van der Waals surface area (Å²) in [5.74, 6) is -0.679. The van der Waals surface area contributed by atoms with E-state index in [1.165, 1.54) is 0 Å². The minimum absolute atomic E-state index is 0.0583. The van der Waals surface area contributed by atoms with Gasteiger partial charge in [0.1, 0.15) is 11.2 Å². The van der Waals surface area contributed by atoms with Gasteiger partial charge in [-0.1, -0.05) is 0 Å². The van der Waals surface area contributed by atoms with Crippen LogP contribution in [0.15, 0.2) is 17.1 Å². The quantitative estimate of drug-likeness (QED) is 0.629. The number of aromatic carboxylic acids is 1. The fourth-order valence-electron chi connectivity index (χ4n) is 3.14. The number of H-pyrrole nitrogens is 1.